The highest BCUT2D eigenvalue weighted by molar-refractivity contribution is 7.86. The second-order valence-electron chi connectivity index (χ2n) is 10.1. The fourth-order valence-electron chi connectivity index (χ4n) is 4.45. The Bertz CT molecular complexity index is 1490. The van der Waals surface area contributed by atoms with Crippen molar-refractivity contribution < 1.29 is 8.95 Å². The van der Waals surface area contributed by atoms with Crippen molar-refractivity contribution in [2.45, 2.75) is 72.1 Å². The van der Waals surface area contributed by atoms with Crippen molar-refractivity contribution >= 4 is 45.6 Å². The van der Waals surface area contributed by atoms with Crippen molar-refractivity contribution in [2.24, 2.45) is 0 Å². The standard InChI is InChI=1S/C30H40N6O2S2/c1-7-9-12-23-26(14-13-24(27(23)20(5)8-2)36-40(37)19(3)4)38-29-28(39-21(6)33-29)25-15-17-32-30(35-25)34-22-11-10-16-31-18-22/h7,9,12-15,17,19,22,31,36H,8,10-11,16,18H2,1-6H3,(H,32,34,35)/b9-7-,23-12-,27-20?. The minimum Gasteiger partial charge on any atom is -0.437 e. The summed E-state index contributed by atoms with van der Waals surface area (Å²) in [5.41, 5.74) is 2.76. The van der Waals surface area contributed by atoms with Crippen molar-refractivity contribution in [3.63, 3.8) is 0 Å². The summed E-state index contributed by atoms with van der Waals surface area (Å²) >= 11 is 1.55. The lowest BCUT2D eigenvalue weighted by atomic mass is 10.1. The Morgan fingerprint density at radius 2 is 2.12 bits per heavy atom. The number of piperidine rings is 1. The van der Waals surface area contributed by atoms with Crippen LogP contribution in [0.4, 0.5) is 11.6 Å². The number of anilines is 2. The molecule has 10 heteroatoms. The molecule has 3 N–H and O–H groups in total. The minimum absolute atomic E-state index is 0.0177. The molecular weight excluding hydrogens is 541 g/mol. The zero-order valence-corrected chi connectivity index (χ0v) is 25.8. The first-order valence-electron chi connectivity index (χ1n) is 13.9. The van der Waals surface area contributed by atoms with Crippen molar-refractivity contribution in [1.82, 2.24) is 20.3 Å². The van der Waals surface area contributed by atoms with Crippen LogP contribution in [-0.2, 0) is 11.0 Å². The van der Waals surface area contributed by atoms with Crippen LogP contribution >= 0.6 is 11.3 Å². The summed E-state index contributed by atoms with van der Waals surface area (Å²) in [6.07, 6.45) is 10.9. The van der Waals surface area contributed by atoms with E-state index in [1.807, 2.05) is 64.1 Å². The molecule has 0 saturated carbocycles. The van der Waals surface area contributed by atoms with Gasteiger partial charge in [-0.15, -0.1) is 11.3 Å². The van der Waals surface area contributed by atoms with Crippen LogP contribution in [0.25, 0.3) is 22.2 Å². The smallest absolute Gasteiger partial charge is 0.240 e. The van der Waals surface area contributed by atoms with Gasteiger partial charge in [-0.3, -0.25) is 0 Å². The van der Waals surface area contributed by atoms with E-state index in [0.717, 1.165) is 64.1 Å². The molecule has 8 nitrogen and oxygen atoms in total. The van der Waals surface area contributed by atoms with Crippen LogP contribution in [0.5, 0.6) is 11.6 Å². The van der Waals surface area contributed by atoms with Crippen molar-refractivity contribution in [2.75, 3.05) is 23.1 Å². The zero-order chi connectivity index (χ0) is 28.6. The first-order chi connectivity index (χ1) is 19.3. The van der Waals surface area contributed by atoms with Gasteiger partial charge in [-0.2, -0.15) is 0 Å². The average molecular weight is 581 g/mol. The molecule has 2 aromatic heterocycles. The highest BCUT2D eigenvalue weighted by Crippen LogP contribution is 2.36. The molecule has 1 saturated heterocycles. The van der Waals surface area contributed by atoms with E-state index in [0.29, 0.717) is 23.6 Å². The molecule has 0 amide bonds. The van der Waals surface area contributed by atoms with Crippen molar-refractivity contribution in [3.8, 4) is 22.2 Å². The molecule has 2 atom stereocenters. The van der Waals surface area contributed by atoms with E-state index in [1.54, 1.807) is 17.5 Å². The number of nitrogens with zero attached hydrogens (tertiary/aromatic N) is 3. The fraction of sp³-hybridized carbons (Fsp3) is 0.433. The summed E-state index contributed by atoms with van der Waals surface area (Å²) in [7, 11) is -1.21. The van der Waals surface area contributed by atoms with Gasteiger partial charge in [0.05, 0.1) is 16.4 Å². The SMILES string of the molecule is C/C=C\C=c1\c(Oc2nc(C)sc2-c2ccnc(NC3CCCNC3)n2)ccc(NS(=O)C(C)C)c1=C(C)CC. The fourth-order valence-corrected chi connectivity index (χ4v) is 5.89. The molecule has 1 aliphatic rings. The number of rotatable bonds is 10. The number of benzene rings is 1. The minimum atomic E-state index is -1.21. The van der Waals surface area contributed by atoms with Gasteiger partial charge < -0.3 is 20.1 Å². The lowest BCUT2D eigenvalue weighted by Gasteiger charge is -2.23. The monoisotopic (exact) mass is 580 g/mol. The summed E-state index contributed by atoms with van der Waals surface area (Å²) in [4.78, 5) is 14.9. The number of allylic oxidation sites excluding steroid dienone is 2. The zero-order valence-electron chi connectivity index (χ0n) is 24.2. The van der Waals surface area contributed by atoms with Crippen LogP contribution < -0.4 is 30.5 Å². The number of hydrogen-bond donors (Lipinski definition) is 3. The van der Waals surface area contributed by atoms with Gasteiger partial charge in [-0.1, -0.05) is 30.7 Å². The molecule has 0 aliphatic carbocycles. The van der Waals surface area contributed by atoms with E-state index in [-0.39, 0.29) is 5.25 Å². The van der Waals surface area contributed by atoms with Crippen LogP contribution in [0, 0.1) is 6.92 Å². The number of ether oxygens (including phenoxy) is 1. The number of nitrogens with one attached hydrogen (secondary N) is 3. The Morgan fingerprint density at radius 1 is 1.30 bits per heavy atom. The maximum atomic E-state index is 12.7. The molecule has 1 fully saturated rings. The molecule has 1 aromatic carbocycles. The number of aryl methyl sites for hydroxylation is 1. The largest absolute Gasteiger partial charge is 0.437 e. The van der Waals surface area contributed by atoms with E-state index in [1.165, 1.54) is 5.57 Å². The van der Waals surface area contributed by atoms with Gasteiger partial charge in [-0.05, 0) is 78.6 Å². The van der Waals surface area contributed by atoms with Gasteiger partial charge in [0.2, 0.25) is 11.8 Å². The summed E-state index contributed by atoms with van der Waals surface area (Å²) in [6, 6.07) is 6.07. The number of thiazole rings is 1. The van der Waals surface area contributed by atoms with E-state index in [9.17, 15) is 4.21 Å². The predicted molar refractivity (Wildman–Crippen MR) is 169 cm³/mol. The molecule has 40 heavy (non-hydrogen) atoms. The lowest BCUT2D eigenvalue weighted by Crippen LogP contribution is -2.38. The highest BCUT2D eigenvalue weighted by atomic mass is 32.2. The Labute approximate surface area is 243 Å². The Hall–Kier alpha value is -3.08. The maximum Gasteiger partial charge on any atom is 0.240 e. The van der Waals surface area contributed by atoms with Gasteiger partial charge in [0.1, 0.15) is 21.6 Å². The van der Waals surface area contributed by atoms with E-state index in [2.05, 4.69) is 34.2 Å². The van der Waals surface area contributed by atoms with E-state index >= 15 is 0 Å². The molecule has 2 unspecified atom stereocenters. The molecule has 0 bridgehead atoms. The maximum absolute atomic E-state index is 12.7. The van der Waals surface area contributed by atoms with Crippen LogP contribution in [-0.4, -0.2) is 43.5 Å². The molecule has 214 valence electrons. The first kappa shape index (κ1) is 29.9. The summed E-state index contributed by atoms with van der Waals surface area (Å²) in [5, 5.41) is 9.66. The normalized spacial score (nSPS) is 17.8. The third kappa shape index (κ3) is 7.35. The Balaban J connectivity index is 1.76. The number of hydrogen-bond acceptors (Lipinski definition) is 8. The van der Waals surface area contributed by atoms with Crippen LogP contribution in [0.2, 0.25) is 0 Å². The second kappa shape index (κ2) is 14.0. The average Bonchev–Trinajstić information content (AvgIpc) is 3.32. The van der Waals surface area contributed by atoms with Gasteiger partial charge >= 0.3 is 0 Å². The first-order valence-corrected chi connectivity index (χ1v) is 15.9. The van der Waals surface area contributed by atoms with E-state index in [4.69, 9.17) is 14.7 Å². The molecule has 4 rings (SSSR count). The Kier molecular flexibility index (Phi) is 10.5. The van der Waals surface area contributed by atoms with Crippen LogP contribution in [0.3, 0.4) is 0 Å². The molecule has 3 aromatic rings. The third-order valence-electron chi connectivity index (χ3n) is 6.68. The summed E-state index contributed by atoms with van der Waals surface area (Å²) in [5.74, 6) is 1.79. The summed E-state index contributed by atoms with van der Waals surface area (Å²) in [6.45, 7) is 14.0. The molecule has 3 heterocycles. The predicted octanol–water partition coefficient (Wildman–Crippen LogP) is 5.29. The summed E-state index contributed by atoms with van der Waals surface area (Å²) < 4.78 is 22.5. The quantitative estimate of drug-likeness (QED) is 0.300. The topological polar surface area (TPSA) is 101 Å². The molecular formula is C30H40N6O2S2. The van der Waals surface area contributed by atoms with Gasteiger partial charge in [0.25, 0.3) is 0 Å². The third-order valence-corrected chi connectivity index (χ3v) is 8.94. The number of aromatic nitrogens is 3. The highest BCUT2D eigenvalue weighted by Gasteiger charge is 2.19. The van der Waals surface area contributed by atoms with Crippen LogP contribution in [0.15, 0.2) is 36.5 Å². The molecule has 0 spiro atoms. The Morgan fingerprint density at radius 3 is 2.83 bits per heavy atom. The van der Waals surface area contributed by atoms with E-state index < -0.39 is 11.0 Å². The lowest BCUT2D eigenvalue weighted by molar-refractivity contribution is 0.463. The van der Waals surface area contributed by atoms with Gasteiger partial charge in [0, 0.05) is 34.5 Å². The van der Waals surface area contributed by atoms with Crippen molar-refractivity contribution in [1.29, 1.82) is 0 Å². The molecule has 0 radical (unpaired) electrons. The van der Waals surface area contributed by atoms with Crippen LogP contribution in [0.1, 0.15) is 58.9 Å². The van der Waals surface area contributed by atoms with Gasteiger partial charge in [-0.25, -0.2) is 19.2 Å². The van der Waals surface area contributed by atoms with Crippen molar-refractivity contribution in [3.05, 3.63) is 52.0 Å². The molecule has 1 aliphatic heterocycles. The van der Waals surface area contributed by atoms with Gasteiger partial charge in [0.15, 0.2) is 0 Å². The second-order valence-corrected chi connectivity index (χ2v) is 13.0.